The molecule has 88 valence electrons. The van der Waals surface area contributed by atoms with Crippen molar-refractivity contribution in [3.8, 4) is 0 Å². The van der Waals surface area contributed by atoms with E-state index in [0.717, 1.165) is 18.5 Å². The largest absolute Gasteiger partial charge is 0.324 e. The third-order valence-electron chi connectivity index (χ3n) is 4.52. The second-order valence-corrected chi connectivity index (χ2v) is 6.04. The summed E-state index contributed by atoms with van der Waals surface area (Å²) in [7, 11) is 2.27. The highest BCUT2D eigenvalue weighted by Crippen LogP contribution is 2.32. The zero-order chi connectivity index (χ0) is 10.9. The maximum Gasteiger partial charge on any atom is 0.0283 e. The van der Waals surface area contributed by atoms with Gasteiger partial charge in [0.05, 0.1) is 0 Å². The van der Waals surface area contributed by atoms with Crippen molar-refractivity contribution in [1.29, 1.82) is 0 Å². The van der Waals surface area contributed by atoms with Crippen LogP contribution in [0.2, 0.25) is 0 Å². The molecule has 0 saturated heterocycles. The average molecular weight is 210 g/mol. The zero-order valence-corrected chi connectivity index (χ0v) is 10.3. The molecule has 2 aliphatic rings. The molecule has 0 aliphatic heterocycles. The lowest BCUT2D eigenvalue weighted by Gasteiger charge is -2.44. The van der Waals surface area contributed by atoms with Crippen LogP contribution in [0.3, 0.4) is 0 Å². The van der Waals surface area contributed by atoms with Gasteiger partial charge in [-0.05, 0) is 57.9 Å². The molecule has 0 radical (unpaired) electrons. The van der Waals surface area contributed by atoms with Crippen molar-refractivity contribution in [1.82, 2.24) is 4.90 Å². The lowest BCUT2D eigenvalue weighted by molar-refractivity contribution is 0.105. The first-order valence-electron chi connectivity index (χ1n) is 6.58. The summed E-state index contributed by atoms with van der Waals surface area (Å²) in [6, 6.07) is 0.808. The molecule has 0 bridgehead atoms. The molecule has 15 heavy (non-hydrogen) atoms. The second-order valence-electron chi connectivity index (χ2n) is 6.04. The Morgan fingerprint density at radius 3 is 2.27 bits per heavy atom. The lowest BCUT2D eigenvalue weighted by Crippen LogP contribution is -2.56. The maximum absolute atomic E-state index is 6.30. The minimum Gasteiger partial charge on any atom is -0.324 e. The Hall–Kier alpha value is -0.0800. The Balaban J connectivity index is 1.77. The van der Waals surface area contributed by atoms with Crippen LogP contribution in [0.4, 0.5) is 0 Å². The highest BCUT2D eigenvalue weighted by Gasteiger charge is 2.35. The number of rotatable bonds is 3. The van der Waals surface area contributed by atoms with E-state index in [2.05, 4.69) is 18.9 Å². The first-order chi connectivity index (χ1) is 7.09. The van der Waals surface area contributed by atoms with E-state index in [1.165, 1.54) is 44.9 Å². The van der Waals surface area contributed by atoms with Crippen LogP contribution in [0.1, 0.15) is 51.9 Å². The number of nitrogens with two attached hydrogens (primary N) is 1. The summed E-state index contributed by atoms with van der Waals surface area (Å²) in [5.41, 5.74) is 6.46. The molecule has 2 saturated carbocycles. The Bertz CT molecular complexity index is 203. The second kappa shape index (κ2) is 4.42. The predicted molar refractivity (Wildman–Crippen MR) is 64.8 cm³/mol. The third kappa shape index (κ3) is 2.73. The topological polar surface area (TPSA) is 29.3 Å². The van der Waals surface area contributed by atoms with Crippen molar-refractivity contribution in [3.05, 3.63) is 0 Å². The maximum atomic E-state index is 6.30. The predicted octanol–water partition coefficient (Wildman–Crippen LogP) is 2.38. The molecule has 0 atom stereocenters. The molecule has 0 amide bonds. The van der Waals surface area contributed by atoms with Crippen LogP contribution in [0.25, 0.3) is 0 Å². The zero-order valence-electron chi connectivity index (χ0n) is 10.3. The van der Waals surface area contributed by atoms with Crippen LogP contribution in [0.5, 0.6) is 0 Å². The average Bonchev–Trinajstić information content (AvgIpc) is 2.16. The molecule has 0 unspecified atom stereocenters. The summed E-state index contributed by atoms with van der Waals surface area (Å²) in [5.74, 6) is 0.949. The van der Waals surface area contributed by atoms with Gasteiger partial charge >= 0.3 is 0 Å². The van der Waals surface area contributed by atoms with Gasteiger partial charge in [0, 0.05) is 18.1 Å². The first kappa shape index (κ1) is 11.4. The standard InChI is InChI=1S/C13H26N2/c1-11-4-6-12(7-5-11)15(2)10-13(14)8-3-9-13/h11-12H,3-10,14H2,1-2H3. The molecule has 0 aromatic carbocycles. The van der Waals surface area contributed by atoms with Gasteiger partial charge in [0.15, 0.2) is 0 Å². The van der Waals surface area contributed by atoms with Crippen molar-refractivity contribution in [2.45, 2.75) is 63.5 Å². The van der Waals surface area contributed by atoms with Crippen molar-refractivity contribution in [2.75, 3.05) is 13.6 Å². The van der Waals surface area contributed by atoms with Crippen LogP contribution >= 0.6 is 0 Å². The van der Waals surface area contributed by atoms with E-state index in [9.17, 15) is 0 Å². The monoisotopic (exact) mass is 210 g/mol. The van der Waals surface area contributed by atoms with Gasteiger partial charge < -0.3 is 10.6 Å². The van der Waals surface area contributed by atoms with Crippen LogP contribution in [-0.2, 0) is 0 Å². The fourth-order valence-electron chi connectivity index (χ4n) is 3.10. The number of likely N-dealkylation sites (N-methyl/N-ethyl adjacent to an activating group) is 1. The molecule has 0 aromatic rings. The summed E-state index contributed by atoms with van der Waals surface area (Å²) in [5, 5.41) is 0. The van der Waals surface area contributed by atoms with Gasteiger partial charge in [-0.15, -0.1) is 0 Å². The summed E-state index contributed by atoms with van der Waals surface area (Å²) in [4.78, 5) is 2.53. The Morgan fingerprint density at radius 2 is 1.80 bits per heavy atom. The van der Waals surface area contributed by atoms with Crippen molar-refractivity contribution in [2.24, 2.45) is 11.7 Å². The molecule has 2 N–H and O–H groups in total. The molecule has 2 heteroatoms. The summed E-state index contributed by atoms with van der Waals surface area (Å²) in [6.07, 6.45) is 9.40. The van der Waals surface area contributed by atoms with Gasteiger partial charge in [0.1, 0.15) is 0 Å². The molecule has 0 spiro atoms. The molecule has 2 nitrogen and oxygen atoms in total. The summed E-state index contributed by atoms with van der Waals surface area (Å²) in [6.45, 7) is 3.50. The molecule has 0 heterocycles. The van der Waals surface area contributed by atoms with E-state index in [-0.39, 0.29) is 5.54 Å². The lowest BCUT2D eigenvalue weighted by atomic mass is 9.76. The molecule has 0 aromatic heterocycles. The van der Waals surface area contributed by atoms with Crippen molar-refractivity contribution >= 4 is 0 Å². The van der Waals surface area contributed by atoms with Gasteiger partial charge in [-0.25, -0.2) is 0 Å². The first-order valence-corrected chi connectivity index (χ1v) is 6.58. The normalized spacial score (nSPS) is 35.2. The molecule has 2 aliphatic carbocycles. The van der Waals surface area contributed by atoms with Gasteiger partial charge in [-0.3, -0.25) is 0 Å². The Morgan fingerprint density at radius 1 is 1.20 bits per heavy atom. The Kier molecular flexibility index (Phi) is 3.36. The van der Waals surface area contributed by atoms with E-state index >= 15 is 0 Å². The van der Waals surface area contributed by atoms with Gasteiger partial charge in [-0.1, -0.05) is 6.92 Å². The summed E-state index contributed by atoms with van der Waals surface area (Å²) < 4.78 is 0. The van der Waals surface area contributed by atoms with E-state index in [4.69, 9.17) is 5.73 Å². The molecular formula is C13H26N2. The highest BCUT2D eigenvalue weighted by molar-refractivity contribution is 4.96. The van der Waals surface area contributed by atoms with Gasteiger partial charge in [0.2, 0.25) is 0 Å². The fourth-order valence-corrected chi connectivity index (χ4v) is 3.10. The van der Waals surface area contributed by atoms with E-state index in [0.29, 0.717) is 0 Å². The molecule has 2 rings (SSSR count). The number of nitrogens with zero attached hydrogens (tertiary/aromatic N) is 1. The smallest absolute Gasteiger partial charge is 0.0283 e. The minimum atomic E-state index is 0.164. The highest BCUT2D eigenvalue weighted by atomic mass is 15.2. The minimum absolute atomic E-state index is 0.164. The van der Waals surface area contributed by atoms with E-state index in [1.807, 2.05) is 0 Å². The quantitative estimate of drug-likeness (QED) is 0.775. The number of hydrogen-bond acceptors (Lipinski definition) is 2. The van der Waals surface area contributed by atoms with Gasteiger partial charge in [-0.2, -0.15) is 0 Å². The van der Waals surface area contributed by atoms with Crippen molar-refractivity contribution < 1.29 is 0 Å². The van der Waals surface area contributed by atoms with Crippen LogP contribution in [0, 0.1) is 5.92 Å². The summed E-state index contributed by atoms with van der Waals surface area (Å²) >= 11 is 0. The van der Waals surface area contributed by atoms with E-state index in [1.54, 1.807) is 0 Å². The van der Waals surface area contributed by atoms with E-state index < -0.39 is 0 Å². The third-order valence-corrected chi connectivity index (χ3v) is 4.52. The van der Waals surface area contributed by atoms with Crippen LogP contribution in [-0.4, -0.2) is 30.1 Å². The van der Waals surface area contributed by atoms with Gasteiger partial charge in [0.25, 0.3) is 0 Å². The molecule has 2 fully saturated rings. The number of hydrogen-bond donors (Lipinski definition) is 1. The van der Waals surface area contributed by atoms with Crippen molar-refractivity contribution in [3.63, 3.8) is 0 Å². The SMILES string of the molecule is CC1CCC(N(C)CC2(N)CCC2)CC1. The Labute approximate surface area is 94.2 Å². The fraction of sp³-hybridized carbons (Fsp3) is 1.00. The molecular weight excluding hydrogens is 184 g/mol. The van der Waals surface area contributed by atoms with Crippen LogP contribution < -0.4 is 5.73 Å². The van der Waals surface area contributed by atoms with Crippen LogP contribution in [0.15, 0.2) is 0 Å².